The van der Waals surface area contributed by atoms with Crippen LogP contribution in [-0.2, 0) is 14.8 Å². The average Bonchev–Trinajstić information content (AvgIpc) is 2.90. The Bertz CT molecular complexity index is 803. The Labute approximate surface area is 158 Å². The second kappa shape index (κ2) is 8.66. The van der Waals surface area contributed by atoms with E-state index in [0.717, 1.165) is 31.7 Å². The molecule has 0 aromatic heterocycles. The molecule has 0 radical (unpaired) electrons. The molecule has 1 aliphatic rings. The van der Waals surface area contributed by atoms with E-state index in [0.29, 0.717) is 13.1 Å². The van der Waals surface area contributed by atoms with Crippen molar-refractivity contribution in [1.29, 1.82) is 0 Å². The number of nitro groups is 1. The minimum absolute atomic E-state index is 0.0639. The number of nitrogens with zero attached hydrogens (tertiary/aromatic N) is 3. The Morgan fingerprint density at radius 3 is 2.41 bits per heavy atom. The van der Waals surface area contributed by atoms with Gasteiger partial charge in [0.05, 0.1) is 15.7 Å². The summed E-state index contributed by atoms with van der Waals surface area (Å²) in [5.41, 5.74) is -0.172. The van der Waals surface area contributed by atoms with E-state index in [4.69, 9.17) is 5.11 Å². The molecule has 27 heavy (non-hydrogen) atoms. The van der Waals surface area contributed by atoms with Crippen LogP contribution in [0.3, 0.4) is 0 Å². The molecule has 0 aliphatic carbocycles. The maximum atomic E-state index is 12.9. The van der Waals surface area contributed by atoms with Crippen molar-refractivity contribution in [3.63, 3.8) is 0 Å². The molecule has 0 spiro atoms. The van der Waals surface area contributed by atoms with Gasteiger partial charge in [0.2, 0.25) is 10.0 Å². The van der Waals surface area contributed by atoms with Gasteiger partial charge in [0.1, 0.15) is 5.69 Å². The second-order valence-corrected chi connectivity index (χ2v) is 8.78. The smallest absolute Gasteiger partial charge is 0.308 e. The second-order valence-electron chi connectivity index (χ2n) is 6.85. The minimum atomic E-state index is -3.80. The number of rotatable bonds is 7. The molecule has 10 heteroatoms. The molecule has 0 amide bonds. The standard InChI is InChI=1S/C17H25N3O6S/c1-13(17(21)22)12-18(2)15-8-7-14(11-16(15)20(23)24)27(25,26)19-9-5-3-4-6-10-19/h7-8,11,13H,3-6,9-10,12H2,1-2H3,(H,21,22). The first-order chi connectivity index (χ1) is 12.6. The molecule has 0 saturated carbocycles. The van der Waals surface area contributed by atoms with Crippen LogP contribution < -0.4 is 4.90 Å². The number of hydrogen-bond acceptors (Lipinski definition) is 6. The molecule has 2 rings (SSSR count). The molecule has 1 saturated heterocycles. The topological polar surface area (TPSA) is 121 Å². The SMILES string of the molecule is CC(CN(C)c1ccc(S(=O)(=O)N2CCCCCC2)cc1[N+](=O)[O-])C(=O)O. The molecule has 1 atom stereocenters. The molecule has 1 aromatic rings. The van der Waals surface area contributed by atoms with Crippen LogP contribution in [0.5, 0.6) is 0 Å². The third-order valence-electron chi connectivity index (χ3n) is 4.73. The van der Waals surface area contributed by atoms with Gasteiger partial charge in [0.25, 0.3) is 5.69 Å². The highest BCUT2D eigenvalue weighted by Crippen LogP contribution is 2.32. The molecule has 150 valence electrons. The van der Waals surface area contributed by atoms with Crippen molar-refractivity contribution in [2.24, 2.45) is 5.92 Å². The molecule has 0 bridgehead atoms. The van der Waals surface area contributed by atoms with E-state index in [1.165, 1.54) is 28.3 Å². The van der Waals surface area contributed by atoms with Gasteiger partial charge < -0.3 is 10.0 Å². The number of anilines is 1. The number of carbonyl (C=O) groups is 1. The number of benzene rings is 1. The average molecular weight is 399 g/mol. The van der Waals surface area contributed by atoms with Gasteiger partial charge in [-0.1, -0.05) is 19.8 Å². The van der Waals surface area contributed by atoms with E-state index in [1.807, 2.05) is 0 Å². The largest absolute Gasteiger partial charge is 0.481 e. The lowest BCUT2D eigenvalue weighted by Gasteiger charge is -2.23. The Balaban J connectivity index is 2.36. The van der Waals surface area contributed by atoms with Crippen LogP contribution in [0.25, 0.3) is 0 Å². The van der Waals surface area contributed by atoms with Crippen LogP contribution in [-0.4, -0.2) is 55.4 Å². The minimum Gasteiger partial charge on any atom is -0.481 e. The van der Waals surface area contributed by atoms with Crippen LogP contribution in [0.2, 0.25) is 0 Å². The first-order valence-corrected chi connectivity index (χ1v) is 10.3. The van der Waals surface area contributed by atoms with Crippen molar-refractivity contribution in [3.8, 4) is 0 Å². The number of aliphatic carboxylic acids is 1. The summed E-state index contributed by atoms with van der Waals surface area (Å²) in [4.78, 5) is 23.2. The fourth-order valence-corrected chi connectivity index (χ4v) is 4.69. The van der Waals surface area contributed by atoms with Crippen molar-refractivity contribution in [2.75, 3.05) is 31.6 Å². The van der Waals surface area contributed by atoms with Crippen molar-refractivity contribution >= 4 is 27.4 Å². The molecular weight excluding hydrogens is 374 g/mol. The van der Waals surface area contributed by atoms with Gasteiger partial charge in [-0.25, -0.2) is 8.42 Å². The fourth-order valence-electron chi connectivity index (χ4n) is 3.15. The number of sulfonamides is 1. The molecule has 1 heterocycles. The van der Waals surface area contributed by atoms with E-state index in [-0.39, 0.29) is 22.8 Å². The molecular formula is C17H25N3O6S. The normalized spacial score (nSPS) is 17.1. The summed E-state index contributed by atoms with van der Waals surface area (Å²) < 4.78 is 27.1. The van der Waals surface area contributed by atoms with Crippen LogP contribution >= 0.6 is 0 Å². The Hall–Kier alpha value is -2.20. The highest BCUT2D eigenvalue weighted by atomic mass is 32.2. The quantitative estimate of drug-likeness (QED) is 0.551. The summed E-state index contributed by atoms with van der Waals surface area (Å²) in [5, 5.41) is 20.5. The van der Waals surface area contributed by atoms with Gasteiger partial charge in [0.15, 0.2) is 0 Å². The number of hydrogen-bond donors (Lipinski definition) is 1. The van der Waals surface area contributed by atoms with Gasteiger partial charge in [-0.2, -0.15) is 4.31 Å². The summed E-state index contributed by atoms with van der Waals surface area (Å²) >= 11 is 0. The summed E-state index contributed by atoms with van der Waals surface area (Å²) in [6.45, 7) is 2.39. The number of nitro benzene ring substituents is 1. The van der Waals surface area contributed by atoms with Crippen LogP contribution in [0.15, 0.2) is 23.1 Å². The summed E-state index contributed by atoms with van der Waals surface area (Å²) in [7, 11) is -2.26. The van der Waals surface area contributed by atoms with Crippen LogP contribution in [0, 0.1) is 16.0 Å². The summed E-state index contributed by atoms with van der Waals surface area (Å²) in [6, 6.07) is 3.79. The Morgan fingerprint density at radius 1 is 1.30 bits per heavy atom. The summed E-state index contributed by atoms with van der Waals surface area (Å²) in [5.74, 6) is -1.74. The maximum absolute atomic E-state index is 12.9. The van der Waals surface area contributed by atoms with Crippen molar-refractivity contribution in [3.05, 3.63) is 28.3 Å². The molecule has 1 unspecified atom stereocenters. The molecule has 1 N–H and O–H groups in total. The Kier molecular flexibility index (Phi) is 6.77. The van der Waals surface area contributed by atoms with Crippen molar-refractivity contribution in [2.45, 2.75) is 37.5 Å². The predicted octanol–water partition coefficient (Wildman–Crippen LogP) is 2.32. The van der Waals surface area contributed by atoms with Crippen LogP contribution in [0.4, 0.5) is 11.4 Å². The molecule has 1 aromatic carbocycles. The number of carboxylic acid groups (broad SMARTS) is 1. The van der Waals surface area contributed by atoms with E-state index in [9.17, 15) is 23.3 Å². The lowest BCUT2D eigenvalue weighted by atomic mass is 10.1. The van der Waals surface area contributed by atoms with E-state index < -0.39 is 26.8 Å². The van der Waals surface area contributed by atoms with Gasteiger partial charge in [0, 0.05) is 32.7 Å². The monoisotopic (exact) mass is 399 g/mol. The van der Waals surface area contributed by atoms with Gasteiger partial charge >= 0.3 is 5.97 Å². The lowest BCUT2D eigenvalue weighted by molar-refractivity contribution is -0.384. The van der Waals surface area contributed by atoms with Gasteiger partial charge in [-0.05, 0) is 25.0 Å². The lowest BCUT2D eigenvalue weighted by Crippen LogP contribution is -2.32. The first kappa shape index (κ1) is 21.1. The maximum Gasteiger partial charge on any atom is 0.308 e. The molecule has 1 aliphatic heterocycles. The zero-order valence-corrected chi connectivity index (χ0v) is 16.3. The third kappa shape index (κ3) is 4.95. The van der Waals surface area contributed by atoms with Gasteiger partial charge in [-0.15, -0.1) is 0 Å². The van der Waals surface area contributed by atoms with Crippen molar-refractivity contribution in [1.82, 2.24) is 4.31 Å². The van der Waals surface area contributed by atoms with Crippen LogP contribution in [0.1, 0.15) is 32.6 Å². The number of carboxylic acids is 1. The van der Waals surface area contributed by atoms with E-state index in [1.54, 1.807) is 7.05 Å². The third-order valence-corrected chi connectivity index (χ3v) is 6.62. The zero-order valence-electron chi connectivity index (χ0n) is 15.5. The summed E-state index contributed by atoms with van der Waals surface area (Å²) in [6.07, 6.45) is 3.49. The first-order valence-electron chi connectivity index (χ1n) is 8.87. The van der Waals surface area contributed by atoms with E-state index >= 15 is 0 Å². The van der Waals surface area contributed by atoms with Crippen molar-refractivity contribution < 1.29 is 23.2 Å². The van der Waals surface area contributed by atoms with Gasteiger partial charge in [-0.3, -0.25) is 14.9 Å². The Morgan fingerprint density at radius 2 is 1.89 bits per heavy atom. The zero-order chi connectivity index (χ0) is 20.2. The van der Waals surface area contributed by atoms with E-state index in [2.05, 4.69) is 0 Å². The predicted molar refractivity (Wildman–Crippen MR) is 100 cm³/mol. The fraction of sp³-hybridized carbons (Fsp3) is 0.588. The highest BCUT2D eigenvalue weighted by molar-refractivity contribution is 7.89. The molecule has 1 fully saturated rings. The molecule has 9 nitrogen and oxygen atoms in total. The highest BCUT2D eigenvalue weighted by Gasteiger charge is 2.29.